The summed E-state index contributed by atoms with van der Waals surface area (Å²) in [6.07, 6.45) is 0.850. The molecule has 1 aliphatic heterocycles. The number of rotatable bonds is 4. The van der Waals surface area contributed by atoms with Crippen molar-refractivity contribution in [3.8, 4) is 5.75 Å². The molecule has 2 aromatic rings. The number of carbonyl (C=O) groups is 3. The van der Waals surface area contributed by atoms with Gasteiger partial charge in [0.05, 0.1) is 35.9 Å². The van der Waals surface area contributed by atoms with Gasteiger partial charge in [-0.3, -0.25) is 14.4 Å². The molecule has 9 heteroatoms. The lowest BCUT2D eigenvalue weighted by molar-refractivity contribution is -0.123. The van der Waals surface area contributed by atoms with Gasteiger partial charge < -0.3 is 10.1 Å². The SMILES string of the molecule is COc1ccc(Cl)cc1NC(=O)c1ccccc1N1C(=O)[C@@H]2[C@H]3C[C@@H]([C@H](Br)[C@@H]3Br)[C@@H]2C1=O. The average molecular weight is 583 g/mol. The Hall–Kier alpha value is -1.90. The fourth-order valence-corrected chi connectivity index (χ4v) is 7.46. The van der Waals surface area contributed by atoms with E-state index in [0.717, 1.165) is 6.42 Å². The number of para-hydroxylation sites is 1. The third-order valence-corrected chi connectivity index (χ3v) is 10.2. The van der Waals surface area contributed by atoms with Crippen LogP contribution in [0.4, 0.5) is 11.4 Å². The van der Waals surface area contributed by atoms with E-state index in [9.17, 15) is 14.4 Å². The molecule has 2 aliphatic carbocycles. The summed E-state index contributed by atoms with van der Waals surface area (Å²) >= 11 is 13.5. The van der Waals surface area contributed by atoms with Crippen molar-refractivity contribution >= 4 is 72.6 Å². The summed E-state index contributed by atoms with van der Waals surface area (Å²) in [5.41, 5.74) is 0.930. The molecule has 2 bridgehead atoms. The Morgan fingerprint density at radius 3 is 2.31 bits per heavy atom. The zero-order valence-corrected chi connectivity index (χ0v) is 20.9. The molecule has 2 aromatic carbocycles. The van der Waals surface area contributed by atoms with Crippen LogP contribution in [0.5, 0.6) is 5.75 Å². The molecule has 3 fully saturated rings. The zero-order valence-electron chi connectivity index (χ0n) is 16.9. The van der Waals surface area contributed by atoms with Gasteiger partial charge >= 0.3 is 0 Å². The molecule has 2 saturated carbocycles. The number of hydrogen-bond acceptors (Lipinski definition) is 4. The first-order valence-electron chi connectivity index (χ1n) is 10.2. The van der Waals surface area contributed by atoms with Crippen LogP contribution in [-0.4, -0.2) is 34.5 Å². The maximum absolute atomic E-state index is 13.4. The molecule has 0 aromatic heterocycles. The molecular weight excluding hydrogens is 564 g/mol. The highest BCUT2D eigenvalue weighted by atomic mass is 79.9. The molecule has 0 unspecified atom stereocenters. The minimum Gasteiger partial charge on any atom is -0.495 e. The highest BCUT2D eigenvalue weighted by Gasteiger charge is 2.66. The maximum Gasteiger partial charge on any atom is 0.257 e. The molecular formula is C23H19Br2ClN2O4. The Kier molecular flexibility index (Phi) is 5.58. The van der Waals surface area contributed by atoms with E-state index in [-0.39, 0.29) is 50.7 Å². The van der Waals surface area contributed by atoms with E-state index in [1.165, 1.54) is 12.0 Å². The normalized spacial score (nSPS) is 30.6. The number of amides is 3. The Balaban J connectivity index is 1.48. The zero-order chi connectivity index (χ0) is 22.7. The number of alkyl halides is 2. The largest absolute Gasteiger partial charge is 0.495 e. The number of carbonyl (C=O) groups excluding carboxylic acids is 3. The molecule has 32 heavy (non-hydrogen) atoms. The number of nitrogens with zero attached hydrogens (tertiary/aromatic N) is 1. The van der Waals surface area contributed by atoms with Crippen molar-refractivity contribution in [3.05, 3.63) is 53.1 Å². The average Bonchev–Trinajstić information content (AvgIpc) is 3.39. The van der Waals surface area contributed by atoms with E-state index in [0.29, 0.717) is 22.1 Å². The number of anilines is 2. The number of benzene rings is 2. The van der Waals surface area contributed by atoms with Crippen molar-refractivity contribution in [1.82, 2.24) is 0 Å². The summed E-state index contributed by atoms with van der Waals surface area (Å²) in [5.74, 6) is -0.955. The molecule has 3 aliphatic rings. The molecule has 166 valence electrons. The van der Waals surface area contributed by atoms with Crippen LogP contribution >= 0.6 is 43.5 Å². The van der Waals surface area contributed by atoms with Crippen LogP contribution < -0.4 is 15.0 Å². The molecule has 5 rings (SSSR count). The van der Waals surface area contributed by atoms with Crippen molar-refractivity contribution in [2.24, 2.45) is 23.7 Å². The molecule has 0 spiro atoms. The van der Waals surface area contributed by atoms with E-state index in [1.54, 1.807) is 42.5 Å². The molecule has 1 saturated heterocycles. The van der Waals surface area contributed by atoms with Gasteiger partial charge in [0.2, 0.25) is 11.8 Å². The topological polar surface area (TPSA) is 75.7 Å². The summed E-state index contributed by atoms with van der Waals surface area (Å²) in [5, 5.41) is 3.23. The fourth-order valence-electron chi connectivity index (χ4n) is 5.41. The minimum atomic E-state index is -0.460. The number of methoxy groups -OCH3 is 1. The third kappa shape index (κ3) is 3.22. The number of fused-ring (bicyclic) bond motifs is 5. The maximum atomic E-state index is 13.4. The predicted molar refractivity (Wildman–Crippen MR) is 129 cm³/mol. The lowest BCUT2D eigenvalue weighted by atomic mass is 9.81. The second-order valence-electron chi connectivity index (χ2n) is 8.33. The van der Waals surface area contributed by atoms with Gasteiger partial charge in [-0.05, 0) is 48.6 Å². The van der Waals surface area contributed by atoms with Crippen LogP contribution in [0.15, 0.2) is 42.5 Å². The standard InChI is InChI=1S/C23H19Br2ClN2O4/c1-32-16-7-6-10(26)8-14(16)27-21(29)11-4-2-3-5-15(11)28-22(30)17-12-9-13(18(17)23(28)31)20(25)19(12)24/h2-8,12-13,17-20H,9H2,1H3,(H,27,29)/t12-,13-,17-,18+,19-,20+/m1/s1. The quantitative estimate of drug-likeness (QED) is 0.412. The summed E-state index contributed by atoms with van der Waals surface area (Å²) < 4.78 is 5.30. The summed E-state index contributed by atoms with van der Waals surface area (Å²) in [6.45, 7) is 0. The Labute approximate surface area is 206 Å². The highest BCUT2D eigenvalue weighted by Crippen LogP contribution is 2.60. The van der Waals surface area contributed by atoms with Crippen LogP contribution in [0.2, 0.25) is 5.02 Å². The molecule has 6 atom stereocenters. The molecule has 3 amide bonds. The van der Waals surface area contributed by atoms with Crippen LogP contribution in [0, 0.1) is 23.7 Å². The van der Waals surface area contributed by atoms with Gasteiger partial charge in [0.25, 0.3) is 5.91 Å². The smallest absolute Gasteiger partial charge is 0.257 e. The first-order chi connectivity index (χ1) is 15.3. The number of ether oxygens (including phenoxy) is 1. The van der Waals surface area contributed by atoms with Crippen molar-refractivity contribution in [2.45, 2.75) is 16.1 Å². The van der Waals surface area contributed by atoms with E-state index in [2.05, 4.69) is 37.2 Å². The van der Waals surface area contributed by atoms with Crippen molar-refractivity contribution in [2.75, 3.05) is 17.3 Å². The summed E-state index contributed by atoms with van der Waals surface area (Å²) in [6, 6.07) is 11.6. The van der Waals surface area contributed by atoms with Gasteiger partial charge in [0, 0.05) is 14.7 Å². The monoisotopic (exact) mass is 580 g/mol. The fraction of sp³-hybridized carbons (Fsp3) is 0.348. The lowest BCUT2D eigenvalue weighted by Gasteiger charge is -2.28. The van der Waals surface area contributed by atoms with E-state index < -0.39 is 5.91 Å². The van der Waals surface area contributed by atoms with Crippen molar-refractivity contribution in [1.29, 1.82) is 0 Å². The third-order valence-electron chi connectivity index (χ3n) is 6.79. The van der Waals surface area contributed by atoms with Crippen LogP contribution in [0.3, 0.4) is 0 Å². The van der Waals surface area contributed by atoms with Crippen molar-refractivity contribution < 1.29 is 19.1 Å². The predicted octanol–water partition coefficient (Wildman–Crippen LogP) is 4.88. The summed E-state index contributed by atoms with van der Waals surface area (Å²) in [7, 11) is 1.50. The first-order valence-corrected chi connectivity index (χ1v) is 12.4. The van der Waals surface area contributed by atoms with E-state index >= 15 is 0 Å². The lowest BCUT2D eigenvalue weighted by Crippen LogP contribution is -2.37. The van der Waals surface area contributed by atoms with Crippen LogP contribution in [0.25, 0.3) is 0 Å². The minimum absolute atomic E-state index is 0.104. The molecule has 0 radical (unpaired) electrons. The second kappa shape index (κ2) is 8.15. The Bertz CT molecular complexity index is 1110. The van der Waals surface area contributed by atoms with Crippen LogP contribution in [-0.2, 0) is 9.59 Å². The van der Waals surface area contributed by atoms with Gasteiger partial charge in [0.1, 0.15) is 5.75 Å². The summed E-state index contributed by atoms with van der Waals surface area (Å²) in [4.78, 5) is 41.6. The second-order valence-corrected chi connectivity index (χ2v) is 10.9. The molecule has 1 heterocycles. The number of hydrogen-bond donors (Lipinski definition) is 1. The Morgan fingerprint density at radius 1 is 1.06 bits per heavy atom. The van der Waals surface area contributed by atoms with Gasteiger partial charge in [-0.1, -0.05) is 55.6 Å². The van der Waals surface area contributed by atoms with E-state index in [4.69, 9.17) is 16.3 Å². The number of imide groups is 1. The Morgan fingerprint density at radius 2 is 1.69 bits per heavy atom. The van der Waals surface area contributed by atoms with Crippen LogP contribution in [0.1, 0.15) is 16.8 Å². The first kappa shape index (κ1) is 21.9. The number of nitrogens with one attached hydrogen (secondary N) is 1. The van der Waals surface area contributed by atoms with E-state index in [1.807, 2.05) is 0 Å². The molecule has 1 N–H and O–H groups in total. The van der Waals surface area contributed by atoms with Crippen molar-refractivity contribution in [3.63, 3.8) is 0 Å². The van der Waals surface area contributed by atoms with Gasteiger partial charge in [-0.2, -0.15) is 0 Å². The van der Waals surface area contributed by atoms with Gasteiger partial charge in [-0.15, -0.1) is 0 Å². The number of halogens is 3. The molecule has 6 nitrogen and oxygen atoms in total. The highest BCUT2D eigenvalue weighted by molar-refractivity contribution is 9.12. The van der Waals surface area contributed by atoms with Gasteiger partial charge in [-0.25, -0.2) is 4.90 Å². The van der Waals surface area contributed by atoms with Gasteiger partial charge in [0.15, 0.2) is 0 Å².